The molecule has 5 nitrogen and oxygen atoms in total. The molecule has 2 fully saturated rings. The Bertz CT molecular complexity index is 862. The van der Waals surface area contributed by atoms with Gasteiger partial charge >= 0.3 is 0 Å². The number of ether oxygens (including phenoxy) is 1. The number of rotatable bonds is 9. The average Bonchev–Trinajstić information content (AvgIpc) is 3.01. The first kappa shape index (κ1) is 23.8. The van der Waals surface area contributed by atoms with E-state index in [1.807, 2.05) is 25.2 Å². The van der Waals surface area contributed by atoms with Crippen molar-refractivity contribution in [1.29, 1.82) is 0 Å². The van der Waals surface area contributed by atoms with Gasteiger partial charge in [0.05, 0.1) is 17.7 Å². The van der Waals surface area contributed by atoms with Crippen LogP contribution in [-0.4, -0.2) is 22.1 Å². The largest absolute Gasteiger partial charge is 0.495 e. The third-order valence-electron chi connectivity index (χ3n) is 6.32. The normalized spacial score (nSPS) is 25.3. The van der Waals surface area contributed by atoms with Gasteiger partial charge in [0.1, 0.15) is 5.76 Å². The molecule has 7 heteroatoms. The lowest BCUT2D eigenvalue weighted by Crippen LogP contribution is -2.20. The van der Waals surface area contributed by atoms with Crippen molar-refractivity contribution >= 4 is 21.6 Å². The first-order chi connectivity index (χ1) is 13.6. The molecule has 3 N–H and O–H groups in total. The van der Waals surface area contributed by atoms with E-state index < -0.39 is 10.0 Å². The monoisotopic (exact) mass is 440 g/mol. The first-order valence-electron chi connectivity index (χ1n) is 9.95. The highest BCUT2D eigenvalue weighted by Gasteiger charge is 2.64. The Labute approximate surface area is 180 Å². The SMILES string of the molecule is C=C(OC)/C(=C\C(Cl)=C/C)NCC1C(/C(C)=C/C=C(\C)S(N)(=O)=O)C12CCCC2. The van der Waals surface area contributed by atoms with Crippen LogP contribution >= 0.6 is 11.6 Å². The molecule has 162 valence electrons. The van der Waals surface area contributed by atoms with Gasteiger partial charge in [-0.25, -0.2) is 13.6 Å². The number of nitrogens with one attached hydrogen (secondary N) is 1. The summed E-state index contributed by atoms with van der Waals surface area (Å²) >= 11 is 6.17. The van der Waals surface area contributed by atoms with Crippen LogP contribution in [0.3, 0.4) is 0 Å². The number of allylic oxidation sites excluding steroid dienone is 7. The minimum absolute atomic E-state index is 0.176. The number of hydrogen-bond donors (Lipinski definition) is 2. The molecule has 0 amide bonds. The van der Waals surface area contributed by atoms with Gasteiger partial charge in [-0.15, -0.1) is 0 Å². The van der Waals surface area contributed by atoms with E-state index in [4.69, 9.17) is 21.5 Å². The lowest BCUT2D eigenvalue weighted by molar-refractivity contribution is 0.296. The molecule has 0 bridgehead atoms. The van der Waals surface area contributed by atoms with Crippen molar-refractivity contribution in [3.8, 4) is 0 Å². The zero-order chi connectivity index (χ0) is 21.8. The van der Waals surface area contributed by atoms with Crippen LogP contribution in [0.15, 0.2) is 57.8 Å². The molecule has 2 atom stereocenters. The highest BCUT2D eigenvalue weighted by atomic mass is 35.5. The fourth-order valence-electron chi connectivity index (χ4n) is 4.61. The second kappa shape index (κ2) is 9.54. The lowest BCUT2D eigenvalue weighted by Gasteiger charge is -2.14. The van der Waals surface area contributed by atoms with E-state index in [-0.39, 0.29) is 4.91 Å². The van der Waals surface area contributed by atoms with E-state index >= 15 is 0 Å². The molecule has 0 aromatic heterocycles. The molecule has 2 unspecified atom stereocenters. The number of methoxy groups -OCH3 is 1. The molecule has 0 aliphatic heterocycles. The van der Waals surface area contributed by atoms with Gasteiger partial charge in [-0.3, -0.25) is 0 Å². The summed E-state index contributed by atoms with van der Waals surface area (Å²) in [4.78, 5) is 0.176. The van der Waals surface area contributed by atoms with Crippen LogP contribution in [0.25, 0.3) is 0 Å². The predicted molar refractivity (Wildman–Crippen MR) is 120 cm³/mol. The summed E-state index contributed by atoms with van der Waals surface area (Å²) in [6, 6.07) is 0. The van der Waals surface area contributed by atoms with Gasteiger partial charge in [-0.05, 0) is 63.0 Å². The minimum atomic E-state index is -3.64. The van der Waals surface area contributed by atoms with Crippen molar-refractivity contribution < 1.29 is 13.2 Å². The Morgan fingerprint density at radius 1 is 1.31 bits per heavy atom. The third-order valence-corrected chi connectivity index (χ3v) is 7.68. The summed E-state index contributed by atoms with van der Waals surface area (Å²) in [6.07, 6.45) is 12.0. The van der Waals surface area contributed by atoms with E-state index in [9.17, 15) is 8.42 Å². The first-order valence-corrected chi connectivity index (χ1v) is 11.9. The molecular formula is C22H33ClN2O3S. The van der Waals surface area contributed by atoms with E-state index in [1.54, 1.807) is 13.2 Å². The molecule has 0 radical (unpaired) electrons. The molecule has 0 saturated heterocycles. The molecule has 0 aromatic carbocycles. The van der Waals surface area contributed by atoms with Crippen molar-refractivity contribution in [2.75, 3.05) is 13.7 Å². The topological polar surface area (TPSA) is 81.4 Å². The van der Waals surface area contributed by atoms with E-state index in [1.165, 1.54) is 38.2 Å². The van der Waals surface area contributed by atoms with E-state index in [2.05, 4.69) is 18.8 Å². The molecule has 1 spiro atoms. The number of hydrogen-bond acceptors (Lipinski definition) is 4. The summed E-state index contributed by atoms with van der Waals surface area (Å²) in [5.74, 6) is 1.44. The van der Waals surface area contributed by atoms with Crippen molar-refractivity contribution in [1.82, 2.24) is 5.32 Å². The fourth-order valence-corrected chi connectivity index (χ4v) is 4.98. The van der Waals surface area contributed by atoms with Crippen molar-refractivity contribution in [3.05, 3.63) is 57.8 Å². The van der Waals surface area contributed by atoms with Gasteiger partial charge in [0.25, 0.3) is 0 Å². The van der Waals surface area contributed by atoms with Crippen LogP contribution in [0.4, 0.5) is 0 Å². The van der Waals surface area contributed by atoms with E-state index in [0.717, 1.165) is 12.2 Å². The molecule has 2 aliphatic rings. The number of nitrogens with two attached hydrogens (primary N) is 1. The molecule has 0 aromatic rings. The maximum absolute atomic E-state index is 11.5. The van der Waals surface area contributed by atoms with Crippen molar-refractivity contribution in [2.45, 2.75) is 46.5 Å². The Morgan fingerprint density at radius 2 is 1.93 bits per heavy atom. The summed E-state index contributed by atoms with van der Waals surface area (Å²) < 4.78 is 28.2. The molecule has 29 heavy (non-hydrogen) atoms. The van der Waals surface area contributed by atoms with Gasteiger partial charge in [0.15, 0.2) is 0 Å². The van der Waals surface area contributed by atoms with Crippen LogP contribution in [-0.2, 0) is 14.8 Å². The number of sulfonamides is 1. The summed E-state index contributed by atoms with van der Waals surface area (Å²) in [5.41, 5.74) is 2.27. The third kappa shape index (κ3) is 5.56. The summed E-state index contributed by atoms with van der Waals surface area (Å²) in [5, 5.41) is 9.29. The second-order valence-corrected chi connectivity index (χ2v) is 10.2. The fraction of sp³-hybridized carbons (Fsp3) is 0.545. The number of primary sulfonamides is 1. The predicted octanol–water partition coefficient (Wildman–Crippen LogP) is 4.71. The van der Waals surface area contributed by atoms with Crippen LogP contribution in [0.5, 0.6) is 0 Å². The lowest BCUT2D eigenvalue weighted by atomic mass is 9.97. The van der Waals surface area contributed by atoms with Gasteiger partial charge in [0.2, 0.25) is 10.0 Å². The molecular weight excluding hydrogens is 408 g/mol. The standard InChI is InChI=1S/C22H33ClN2O3S/c1-6-18(23)13-20(17(4)28-5)25-14-19-21(22(19)11-7-8-12-22)15(2)9-10-16(3)29(24,26)27/h6,9-10,13,19,21,25H,4,7-8,11-12,14H2,1-3,5H3,(H2,24,26,27)/b15-9+,16-10+,18-6+,20-13+. The smallest absolute Gasteiger partial charge is 0.233 e. The zero-order valence-corrected chi connectivity index (χ0v) is 19.4. The van der Waals surface area contributed by atoms with Crippen LogP contribution in [0.2, 0.25) is 0 Å². The zero-order valence-electron chi connectivity index (χ0n) is 17.8. The maximum Gasteiger partial charge on any atom is 0.233 e. The second-order valence-electron chi connectivity index (χ2n) is 8.00. The Balaban J connectivity index is 2.19. The molecule has 2 aliphatic carbocycles. The highest BCUT2D eigenvalue weighted by Crippen LogP contribution is 2.69. The Kier molecular flexibility index (Phi) is 7.82. The maximum atomic E-state index is 11.5. The van der Waals surface area contributed by atoms with Crippen molar-refractivity contribution in [2.24, 2.45) is 22.4 Å². The number of halogens is 1. The quantitative estimate of drug-likeness (QED) is 0.402. The minimum Gasteiger partial charge on any atom is -0.495 e. The van der Waals surface area contributed by atoms with Gasteiger partial charge in [0, 0.05) is 11.6 Å². The van der Waals surface area contributed by atoms with Gasteiger partial charge in [-0.1, -0.05) is 48.7 Å². The van der Waals surface area contributed by atoms with Crippen LogP contribution < -0.4 is 10.5 Å². The Hall–Kier alpha value is -1.50. The summed E-state index contributed by atoms with van der Waals surface area (Å²) in [6.45, 7) is 10.2. The van der Waals surface area contributed by atoms with Gasteiger partial charge in [-0.2, -0.15) is 0 Å². The van der Waals surface area contributed by atoms with Crippen molar-refractivity contribution in [3.63, 3.8) is 0 Å². The average molecular weight is 441 g/mol. The highest BCUT2D eigenvalue weighted by molar-refractivity contribution is 7.93. The van der Waals surface area contributed by atoms with Gasteiger partial charge < -0.3 is 10.1 Å². The van der Waals surface area contributed by atoms with E-state index in [0.29, 0.717) is 28.0 Å². The molecule has 2 rings (SSSR count). The van der Waals surface area contributed by atoms with Crippen LogP contribution in [0.1, 0.15) is 46.5 Å². The molecule has 0 heterocycles. The molecule has 2 saturated carbocycles. The Morgan fingerprint density at radius 3 is 2.45 bits per heavy atom. The van der Waals surface area contributed by atoms with Crippen LogP contribution in [0, 0.1) is 17.3 Å². The summed E-state index contributed by atoms with van der Waals surface area (Å²) in [7, 11) is -2.05.